The zero-order valence-corrected chi connectivity index (χ0v) is 11.9. The van der Waals surface area contributed by atoms with E-state index in [-0.39, 0.29) is 0 Å². The summed E-state index contributed by atoms with van der Waals surface area (Å²) in [5.74, 6) is 0.606. The second kappa shape index (κ2) is 6.98. The van der Waals surface area contributed by atoms with E-state index in [1.165, 1.54) is 0 Å². The van der Waals surface area contributed by atoms with Crippen LogP contribution in [0.4, 0.5) is 0 Å². The lowest BCUT2D eigenvalue weighted by molar-refractivity contribution is -0.783. The van der Waals surface area contributed by atoms with Crippen molar-refractivity contribution in [2.24, 2.45) is 0 Å². The molecule has 0 aliphatic heterocycles. The number of nitrogens with zero attached hydrogens (tertiary/aromatic N) is 2. The van der Waals surface area contributed by atoms with Crippen LogP contribution >= 0.6 is 7.82 Å². The predicted octanol–water partition coefficient (Wildman–Crippen LogP) is -0.0634. The third kappa shape index (κ3) is 8.82. The number of phosphoric acid groups is 1. The number of nitrogens with one attached hydrogen (secondary N) is 1. The average Bonchev–Trinajstić information content (AvgIpc) is 2.16. The zero-order chi connectivity index (χ0) is 13.6. The first-order valence-electron chi connectivity index (χ1n) is 4.48. The Balaban J connectivity index is 0. The number of guanidine groups is 1. The Morgan fingerprint density at radius 2 is 1.56 bits per heavy atom. The molecule has 0 aromatic heterocycles. The molecule has 0 aliphatic carbocycles. The minimum absolute atomic E-state index is 0.576. The first-order chi connectivity index (χ1) is 6.98. The smallest absolute Gasteiger partial charge is 0.296 e. The fourth-order valence-electron chi connectivity index (χ4n) is 0.675. The Bertz CT molecular complexity index is 254. The van der Waals surface area contributed by atoms with Crippen molar-refractivity contribution in [3.05, 3.63) is 0 Å². The molecule has 0 bridgehead atoms. The van der Waals surface area contributed by atoms with E-state index in [4.69, 9.17) is 5.41 Å². The normalized spacial score (nSPS) is 11.5. The first-order valence-corrected chi connectivity index (χ1v) is 5.94. The van der Waals surface area contributed by atoms with Gasteiger partial charge in [-0.2, -0.15) is 0 Å². The van der Waals surface area contributed by atoms with Gasteiger partial charge in [0.1, 0.15) is 0 Å². The van der Waals surface area contributed by atoms with Crippen molar-refractivity contribution < 1.29 is 23.0 Å². The van der Waals surface area contributed by atoms with Crippen LogP contribution in [0.5, 0.6) is 0 Å². The summed E-state index contributed by atoms with van der Waals surface area (Å²) in [5, 5.41) is 7.49. The highest BCUT2D eigenvalue weighted by Crippen LogP contribution is 2.34. The summed E-state index contributed by atoms with van der Waals surface area (Å²) >= 11 is 0. The van der Waals surface area contributed by atoms with Gasteiger partial charge in [0.15, 0.2) is 0 Å². The Labute approximate surface area is 97.3 Å². The number of rotatable bonds is 2. The van der Waals surface area contributed by atoms with Gasteiger partial charge in [0.25, 0.3) is 13.8 Å². The third-order valence-electron chi connectivity index (χ3n) is 1.51. The molecule has 0 fully saturated rings. The maximum atomic E-state index is 9.95. The van der Waals surface area contributed by atoms with E-state index in [1.54, 1.807) is 4.90 Å². The lowest BCUT2D eigenvalue weighted by atomic mass is 10.6. The molecule has 0 spiro atoms. The minimum atomic E-state index is -3.90. The molecule has 0 aromatic carbocycles. The monoisotopic (exact) mass is 255 g/mol. The maximum absolute atomic E-state index is 9.95. The molecule has 0 unspecified atom stereocenters. The van der Waals surface area contributed by atoms with Crippen LogP contribution in [0.1, 0.15) is 0 Å². The second-order valence-corrected chi connectivity index (χ2v) is 5.67. The largest absolute Gasteiger partial charge is 0.756 e. The molecule has 0 aliphatic rings. The Kier molecular flexibility index (Phi) is 7.82. The topological polar surface area (TPSA) is 85.7 Å². The minimum Gasteiger partial charge on any atom is -0.756 e. The van der Waals surface area contributed by atoms with E-state index in [0.717, 1.165) is 14.2 Å². The Morgan fingerprint density at radius 3 is 1.56 bits per heavy atom. The highest BCUT2D eigenvalue weighted by molar-refractivity contribution is 7.45. The SMILES string of the molecule is CN(C)C(=N)[N+](C)(C)C.COP(=O)([O-])OC. The predicted molar refractivity (Wildman–Crippen MR) is 61.1 cm³/mol. The third-order valence-corrected chi connectivity index (χ3v) is 2.40. The van der Waals surface area contributed by atoms with E-state index < -0.39 is 7.82 Å². The highest BCUT2D eigenvalue weighted by Gasteiger charge is 2.17. The summed E-state index contributed by atoms with van der Waals surface area (Å²) < 4.78 is 18.3. The van der Waals surface area contributed by atoms with Gasteiger partial charge in [0, 0.05) is 28.3 Å². The van der Waals surface area contributed by atoms with Gasteiger partial charge in [-0.1, -0.05) is 0 Å². The van der Waals surface area contributed by atoms with Crippen molar-refractivity contribution in [2.45, 2.75) is 0 Å². The van der Waals surface area contributed by atoms with Gasteiger partial charge < -0.3 is 18.8 Å². The molecule has 7 nitrogen and oxygen atoms in total. The molecule has 16 heavy (non-hydrogen) atoms. The number of hydrogen-bond acceptors (Lipinski definition) is 5. The van der Waals surface area contributed by atoms with Gasteiger partial charge in [-0.05, 0) is 0 Å². The summed E-state index contributed by atoms with van der Waals surface area (Å²) in [5.41, 5.74) is 0. The van der Waals surface area contributed by atoms with Crippen LogP contribution in [0.25, 0.3) is 0 Å². The van der Waals surface area contributed by atoms with Gasteiger partial charge in [0.2, 0.25) is 0 Å². The van der Waals surface area contributed by atoms with Gasteiger partial charge in [-0.25, -0.2) is 5.41 Å². The van der Waals surface area contributed by atoms with Crippen molar-refractivity contribution in [3.63, 3.8) is 0 Å². The van der Waals surface area contributed by atoms with Gasteiger partial charge in [0.05, 0.1) is 21.1 Å². The Morgan fingerprint density at radius 1 is 1.25 bits per heavy atom. The summed E-state index contributed by atoms with van der Waals surface area (Å²) in [6, 6.07) is 0. The average molecular weight is 255 g/mol. The summed E-state index contributed by atoms with van der Waals surface area (Å²) in [6.45, 7) is 0. The molecule has 1 N–H and O–H groups in total. The molecular formula is C8H22N3O4P. The van der Waals surface area contributed by atoms with E-state index in [9.17, 15) is 9.46 Å². The number of quaternary nitrogens is 1. The van der Waals surface area contributed by atoms with Crippen molar-refractivity contribution in [1.29, 1.82) is 5.41 Å². The summed E-state index contributed by atoms with van der Waals surface area (Å²) in [6.07, 6.45) is 0. The molecule has 0 radical (unpaired) electrons. The quantitative estimate of drug-likeness (QED) is 0.323. The van der Waals surface area contributed by atoms with E-state index >= 15 is 0 Å². The molecule has 0 aromatic rings. The van der Waals surface area contributed by atoms with Crippen molar-refractivity contribution in [2.75, 3.05) is 49.5 Å². The number of hydrogen-bond donors (Lipinski definition) is 1. The van der Waals surface area contributed by atoms with Crippen LogP contribution in [-0.2, 0) is 13.6 Å². The molecule has 8 heteroatoms. The molecule has 0 rings (SSSR count). The summed E-state index contributed by atoms with van der Waals surface area (Å²) in [4.78, 5) is 11.8. The standard InChI is InChI=1S/C6H16N3.C2H7O4P/c1-8(2)6(7)9(3,4)5;1-5-7(3,4)6-2/h7H,1-5H3;1-2H3,(H,3,4)/q+1;/p-1. The fourth-order valence-corrected chi connectivity index (χ4v) is 0.824. The van der Waals surface area contributed by atoms with Gasteiger partial charge >= 0.3 is 0 Å². The van der Waals surface area contributed by atoms with E-state index in [2.05, 4.69) is 9.05 Å². The van der Waals surface area contributed by atoms with E-state index in [0.29, 0.717) is 10.4 Å². The van der Waals surface area contributed by atoms with Crippen molar-refractivity contribution in [1.82, 2.24) is 4.90 Å². The van der Waals surface area contributed by atoms with Crippen LogP contribution in [0.3, 0.4) is 0 Å². The van der Waals surface area contributed by atoms with Crippen LogP contribution in [-0.4, -0.2) is 64.8 Å². The van der Waals surface area contributed by atoms with Crippen molar-refractivity contribution >= 4 is 13.8 Å². The fraction of sp³-hybridized carbons (Fsp3) is 0.875. The van der Waals surface area contributed by atoms with Gasteiger partial charge in [-0.15, -0.1) is 0 Å². The first kappa shape index (κ1) is 17.9. The molecular weight excluding hydrogens is 233 g/mol. The lowest BCUT2D eigenvalue weighted by Crippen LogP contribution is -2.48. The van der Waals surface area contributed by atoms with Crippen LogP contribution < -0.4 is 4.89 Å². The lowest BCUT2D eigenvalue weighted by Gasteiger charge is -2.27. The summed E-state index contributed by atoms with van der Waals surface area (Å²) in [7, 11) is 7.86. The van der Waals surface area contributed by atoms with Crippen LogP contribution in [0.2, 0.25) is 0 Å². The highest BCUT2D eigenvalue weighted by atomic mass is 31.2. The number of phosphoric ester groups is 1. The molecule has 0 atom stereocenters. The molecule has 0 amide bonds. The van der Waals surface area contributed by atoms with Gasteiger partial charge in [-0.3, -0.25) is 9.05 Å². The molecule has 0 saturated carbocycles. The molecule has 98 valence electrons. The molecule has 0 saturated heterocycles. The maximum Gasteiger partial charge on any atom is 0.296 e. The van der Waals surface area contributed by atoms with Crippen molar-refractivity contribution in [3.8, 4) is 0 Å². The zero-order valence-electron chi connectivity index (χ0n) is 11.0. The van der Waals surface area contributed by atoms with E-state index in [1.807, 2.05) is 35.2 Å². The molecule has 0 heterocycles. The van der Waals surface area contributed by atoms with Crippen LogP contribution in [0.15, 0.2) is 0 Å². The van der Waals surface area contributed by atoms with Crippen LogP contribution in [0, 0.1) is 5.41 Å². The second-order valence-electron chi connectivity index (χ2n) is 4.04. The Hall–Kier alpha value is -0.460.